The van der Waals surface area contributed by atoms with Crippen LogP contribution in [0.15, 0.2) is 0 Å². The van der Waals surface area contributed by atoms with Gasteiger partial charge in [-0.15, -0.1) is 0 Å². The molecule has 0 aliphatic rings. The highest BCUT2D eigenvalue weighted by atomic mass is 127. The van der Waals surface area contributed by atoms with Gasteiger partial charge < -0.3 is 10.4 Å². The fraction of sp³-hybridized carbons (Fsp3) is 0.833. The van der Waals surface area contributed by atoms with E-state index in [2.05, 4.69) is 27.9 Å². The summed E-state index contributed by atoms with van der Waals surface area (Å²) in [6, 6.07) is 0. The van der Waals surface area contributed by atoms with Gasteiger partial charge in [-0.25, -0.2) is 0 Å². The molecule has 0 aromatic rings. The second kappa shape index (κ2) is 5.91. The molecule has 1 atom stereocenters. The van der Waals surface area contributed by atoms with Crippen molar-refractivity contribution in [3.05, 3.63) is 0 Å². The Balaban J connectivity index is 2.98. The van der Waals surface area contributed by atoms with Gasteiger partial charge in [-0.3, -0.25) is 4.79 Å². The first-order valence-corrected chi connectivity index (χ1v) is 4.46. The van der Waals surface area contributed by atoms with E-state index in [1.165, 1.54) is 0 Å². The largest absolute Gasteiger partial charge is 0.481 e. The van der Waals surface area contributed by atoms with Crippen molar-refractivity contribution in [2.24, 2.45) is 0 Å². The standard InChI is InChI=1S/C6H12INO2/c1-5(7)8-4-2-3-6(9)10/h5,8H,2-4H2,1H3,(H,9,10). The van der Waals surface area contributed by atoms with E-state index in [0.29, 0.717) is 10.5 Å². The molecule has 60 valence electrons. The number of hydrogen-bond donors (Lipinski definition) is 2. The average Bonchev–Trinajstić information content (AvgIpc) is 1.79. The van der Waals surface area contributed by atoms with Gasteiger partial charge in [-0.2, -0.15) is 0 Å². The molecule has 0 aromatic carbocycles. The van der Waals surface area contributed by atoms with Crippen LogP contribution in [0.5, 0.6) is 0 Å². The normalized spacial score (nSPS) is 13.0. The molecule has 0 heterocycles. The van der Waals surface area contributed by atoms with Crippen LogP contribution < -0.4 is 5.32 Å². The third-order valence-electron chi connectivity index (χ3n) is 0.993. The Morgan fingerprint density at radius 2 is 2.40 bits per heavy atom. The summed E-state index contributed by atoms with van der Waals surface area (Å²) in [7, 11) is 0. The van der Waals surface area contributed by atoms with E-state index >= 15 is 0 Å². The van der Waals surface area contributed by atoms with Crippen LogP contribution in [0.1, 0.15) is 19.8 Å². The van der Waals surface area contributed by atoms with E-state index in [9.17, 15) is 4.79 Å². The van der Waals surface area contributed by atoms with Crippen molar-refractivity contribution in [1.29, 1.82) is 0 Å². The zero-order chi connectivity index (χ0) is 7.98. The number of halogens is 1. The van der Waals surface area contributed by atoms with Crippen LogP contribution in [0.4, 0.5) is 0 Å². The molecule has 0 radical (unpaired) electrons. The molecule has 1 unspecified atom stereocenters. The Hall–Kier alpha value is 0.160. The first-order valence-electron chi connectivity index (χ1n) is 3.22. The number of nitrogens with one attached hydrogen (secondary N) is 1. The van der Waals surface area contributed by atoms with Crippen molar-refractivity contribution >= 4 is 28.6 Å². The smallest absolute Gasteiger partial charge is 0.303 e. The summed E-state index contributed by atoms with van der Waals surface area (Å²) < 4.78 is 0.423. The zero-order valence-corrected chi connectivity index (χ0v) is 8.09. The van der Waals surface area contributed by atoms with Gasteiger partial charge in [0.25, 0.3) is 0 Å². The van der Waals surface area contributed by atoms with Crippen molar-refractivity contribution in [2.45, 2.75) is 23.8 Å². The van der Waals surface area contributed by atoms with Gasteiger partial charge in [0.15, 0.2) is 0 Å². The Labute approximate surface area is 74.3 Å². The lowest BCUT2D eigenvalue weighted by molar-refractivity contribution is -0.137. The number of hydrogen-bond acceptors (Lipinski definition) is 2. The molecular weight excluding hydrogens is 245 g/mol. The first kappa shape index (κ1) is 10.2. The molecular formula is C6H12INO2. The minimum atomic E-state index is -0.720. The van der Waals surface area contributed by atoms with Crippen molar-refractivity contribution in [1.82, 2.24) is 5.32 Å². The summed E-state index contributed by atoms with van der Waals surface area (Å²) >= 11 is 2.24. The molecule has 4 heteroatoms. The molecule has 0 saturated heterocycles. The molecule has 0 spiro atoms. The van der Waals surface area contributed by atoms with Gasteiger partial charge in [-0.1, -0.05) is 22.6 Å². The topological polar surface area (TPSA) is 49.3 Å². The summed E-state index contributed by atoms with van der Waals surface area (Å²) in [6.07, 6.45) is 0.971. The van der Waals surface area contributed by atoms with Crippen LogP contribution >= 0.6 is 22.6 Å². The number of aliphatic carboxylic acids is 1. The molecule has 0 amide bonds. The third kappa shape index (κ3) is 8.16. The number of carboxylic acid groups (broad SMARTS) is 1. The van der Waals surface area contributed by atoms with Crippen molar-refractivity contribution in [3.63, 3.8) is 0 Å². The predicted molar refractivity (Wildman–Crippen MR) is 48.4 cm³/mol. The fourth-order valence-corrected chi connectivity index (χ4v) is 0.852. The van der Waals surface area contributed by atoms with Crippen LogP contribution in [0.3, 0.4) is 0 Å². The predicted octanol–water partition coefficient (Wildman–Crippen LogP) is 1.22. The van der Waals surface area contributed by atoms with E-state index in [1.807, 2.05) is 6.92 Å². The number of alkyl halides is 1. The second-order valence-corrected chi connectivity index (χ2v) is 3.94. The minimum absolute atomic E-state index is 0.260. The van der Waals surface area contributed by atoms with Crippen LogP contribution in [-0.4, -0.2) is 21.7 Å². The summed E-state index contributed by atoms with van der Waals surface area (Å²) in [5.41, 5.74) is 0. The van der Waals surface area contributed by atoms with E-state index in [1.54, 1.807) is 0 Å². The monoisotopic (exact) mass is 257 g/mol. The summed E-state index contributed by atoms with van der Waals surface area (Å²) in [5, 5.41) is 11.4. The molecule has 0 aliphatic carbocycles. The Morgan fingerprint density at radius 3 is 2.80 bits per heavy atom. The van der Waals surface area contributed by atoms with Crippen LogP contribution in [0.2, 0.25) is 0 Å². The lowest BCUT2D eigenvalue weighted by Gasteiger charge is -2.03. The van der Waals surface area contributed by atoms with Crippen LogP contribution in [0, 0.1) is 0 Å². The van der Waals surface area contributed by atoms with Crippen molar-refractivity contribution in [3.8, 4) is 0 Å². The molecule has 0 fully saturated rings. The zero-order valence-electron chi connectivity index (χ0n) is 5.93. The minimum Gasteiger partial charge on any atom is -0.481 e. The Kier molecular flexibility index (Phi) is 6.00. The van der Waals surface area contributed by atoms with E-state index in [4.69, 9.17) is 5.11 Å². The quantitative estimate of drug-likeness (QED) is 0.337. The number of carbonyl (C=O) groups is 1. The highest BCUT2D eigenvalue weighted by Gasteiger charge is 1.96. The van der Waals surface area contributed by atoms with E-state index in [-0.39, 0.29) is 6.42 Å². The molecule has 0 aromatic heterocycles. The third-order valence-corrected chi connectivity index (χ3v) is 1.43. The summed E-state index contributed by atoms with van der Waals surface area (Å²) in [5.74, 6) is -0.720. The lowest BCUT2D eigenvalue weighted by atomic mass is 10.3. The molecule has 0 rings (SSSR count). The average molecular weight is 257 g/mol. The molecule has 0 saturated carbocycles. The van der Waals surface area contributed by atoms with Gasteiger partial charge >= 0.3 is 5.97 Å². The lowest BCUT2D eigenvalue weighted by Crippen LogP contribution is -2.21. The maximum Gasteiger partial charge on any atom is 0.303 e. The van der Waals surface area contributed by atoms with Gasteiger partial charge in [0.2, 0.25) is 0 Å². The van der Waals surface area contributed by atoms with Gasteiger partial charge in [-0.05, 0) is 19.9 Å². The van der Waals surface area contributed by atoms with Crippen LogP contribution in [-0.2, 0) is 4.79 Å². The maximum absolute atomic E-state index is 10.0. The summed E-state index contributed by atoms with van der Waals surface area (Å²) in [4.78, 5) is 10.0. The summed E-state index contributed by atoms with van der Waals surface area (Å²) in [6.45, 7) is 2.82. The van der Waals surface area contributed by atoms with Crippen molar-refractivity contribution < 1.29 is 9.90 Å². The van der Waals surface area contributed by atoms with Gasteiger partial charge in [0, 0.05) is 6.42 Å². The van der Waals surface area contributed by atoms with E-state index < -0.39 is 5.97 Å². The van der Waals surface area contributed by atoms with Crippen molar-refractivity contribution in [2.75, 3.05) is 6.54 Å². The maximum atomic E-state index is 10.0. The highest BCUT2D eigenvalue weighted by Crippen LogP contribution is 1.93. The molecule has 3 nitrogen and oxygen atoms in total. The Morgan fingerprint density at radius 1 is 1.80 bits per heavy atom. The van der Waals surface area contributed by atoms with Gasteiger partial charge in [0.05, 0.1) is 4.05 Å². The number of carboxylic acids is 1. The molecule has 10 heavy (non-hydrogen) atoms. The second-order valence-electron chi connectivity index (χ2n) is 2.07. The molecule has 0 bridgehead atoms. The first-order chi connectivity index (χ1) is 4.63. The van der Waals surface area contributed by atoms with E-state index in [0.717, 1.165) is 6.54 Å². The SMILES string of the molecule is CC(I)NCCCC(=O)O. The van der Waals surface area contributed by atoms with Gasteiger partial charge in [0.1, 0.15) is 0 Å². The highest BCUT2D eigenvalue weighted by molar-refractivity contribution is 14.1. The Bertz CT molecular complexity index is 106. The number of rotatable bonds is 5. The fourth-order valence-electron chi connectivity index (χ4n) is 0.541. The molecule has 2 N–H and O–H groups in total. The molecule has 0 aliphatic heterocycles. The van der Waals surface area contributed by atoms with Crippen LogP contribution in [0.25, 0.3) is 0 Å².